The number of aryl methyl sites for hydroxylation is 1. The minimum absolute atomic E-state index is 0.0470. The van der Waals surface area contributed by atoms with Crippen LogP contribution in [0.4, 0.5) is 0 Å². The maximum atomic E-state index is 6.22. The summed E-state index contributed by atoms with van der Waals surface area (Å²) in [5.41, 5.74) is 9.34. The van der Waals surface area contributed by atoms with Crippen molar-refractivity contribution < 1.29 is 0 Å². The van der Waals surface area contributed by atoms with Gasteiger partial charge in [0.2, 0.25) is 0 Å². The number of hydrogen-bond donors (Lipinski definition) is 1. The van der Waals surface area contributed by atoms with Crippen molar-refractivity contribution in [3.63, 3.8) is 0 Å². The summed E-state index contributed by atoms with van der Waals surface area (Å²) < 4.78 is 1.96. The zero-order valence-electron chi connectivity index (χ0n) is 11.2. The highest BCUT2D eigenvalue weighted by atomic mass is 15.3. The first kappa shape index (κ1) is 12.8. The standard InChI is InChI=1S/C14H20N4/c1-10(2)18-8-6-12(17-18)9-14(15)13-5-4-7-16-11(13)3/h4-8,10,14H,9,15H2,1-3H3. The number of pyridine rings is 1. The van der Waals surface area contributed by atoms with Crippen LogP contribution in [0.3, 0.4) is 0 Å². The Morgan fingerprint density at radius 3 is 2.72 bits per heavy atom. The van der Waals surface area contributed by atoms with Gasteiger partial charge in [0, 0.05) is 36.6 Å². The molecule has 0 aliphatic rings. The van der Waals surface area contributed by atoms with Crippen LogP contribution >= 0.6 is 0 Å². The van der Waals surface area contributed by atoms with Crippen molar-refractivity contribution in [1.29, 1.82) is 0 Å². The predicted molar refractivity (Wildman–Crippen MR) is 72.2 cm³/mol. The first-order valence-electron chi connectivity index (χ1n) is 6.29. The van der Waals surface area contributed by atoms with Crippen molar-refractivity contribution in [3.05, 3.63) is 47.5 Å². The van der Waals surface area contributed by atoms with Crippen LogP contribution in [0.1, 0.15) is 42.9 Å². The molecule has 0 aromatic carbocycles. The summed E-state index contributed by atoms with van der Waals surface area (Å²) in [7, 11) is 0. The molecule has 0 saturated carbocycles. The van der Waals surface area contributed by atoms with Crippen LogP contribution in [0.15, 0.2) is 30.6 Å². The van der Waals surface area contributed by atoms with Crippen LogP contribution in [0, 0.1) is 6.92 Å². The van der Waals surface area contributed by atoms with Crippen molar-refractivity contribution >= 4 is 0 Å². The average Bonchev–Trinajstić information content (AvgIpc) is 2.78. The van der Waals surface area contributed by atoms with Crippen molar-refractivity contribution in [2.24, 2.45) is 5.73 Å². The Bertz CT molecular complexity index is 516. The summed E-state index contributed by atoms with van der Waals surface area (Å²) in [6.07, 6.45) is 4.54. The molecule has 18 heavy (non-hydrogen) atoms. The first-order valence-corrected chi connectivity index (χ1v) is 6.29. The lowest BCUT2D eigenvalue weighted by Gasteiger charge is -2.12. The quantitative estimate of drug-likeness (QED) is 0.898. The highest BCUT2D eigenvalue weighted by Gasteiger charge is 2.12. The molecule has 4 heteroatoms. The Balaban J connectivity index is 2.11. The van der Waals surface area contributed by atoms with E-state index in [0.717, 1.165) is 23.4 Å². The zero-order chi connectivity index (χ0) is 13.1. The van der Waals surface area contributed by atoms with Crippen LogP contribution in [0.5, 0.6) is 0 Å². The summed E-state index contributed by atoms with van der Waals surface area (Å²) in [5.74, 6) is 0. The zero-order valence-corrected chi connectivity index (χ0v) is 11.2. The van der Waals surface area contributed by atoms with Crippen molar-refractivity contribution in [2.75, 3.05) is 0 Å². The van der Waals surface area contributed by atoms with Gasteiger partial charge in [0.1, 0.15) is 0 Å². The van der Waals surface area contributed by atoms with Gasteiger partial charge in [-0.1, -0.05) is 6.07 Å². The Morgan fingerprint density at radius 1 is 1.33 bits per heavy atom. The van der Waals surface area contributed by atoms with Gasteiger partial charge in [-0.25, -0.2) is 0 Å². The van der Waals surface area contributed by atoms with Gasteiger partial charge >= 0.3 is 0 Å². The van der Waals surface area contributed by atoms with E-state index in [4.69, 9.17) is 5.73 Å². The first-order chi connectivity index (χ1) is 8.58. The molecular formula is C14H20N4. The second kappa shape index (κ2) is 5.31. The third kappa shape index (κ3) is 2.76. The van der Waals surface area contributed by atoms with Gasteiger partial charge in [-0.15, -0.1) is 0 Å². The van der Waals surface area contributed by atoms with Crippen molar-refractivity contribution in [1.82, 2.24) is 14.8 Å². The van der Waals surface area contributed by atoms with Gasteiger partial charge in [-0.3, -0.25) is 9.67 Å². The van der Waals surface area contributed by atoms with E-state index in [1.165, 1.54) is 0 Å². The second-order valence-electron chi connectivity index (χ2n) is 4.87. The van der Waals surface area contributed by atoms with Gasteiger partial charge < -0.3 is 5.73 Å². The summed E-state index contributed by atoms with van der Waals surface area (Å²) in [6.45, 7) is 6.21. The Morgan fingerprint density at radius 2 is 2.11 bits per heavy atom. The topological polar surface area (TPSA) is 56.7 Å². The summed E-state index contributed by atoms with van der Waals surface area (Å²) in [6, 6.07) is 6.33. The van der Waals surface area contributed by atoms with Gasteiger partial charge in [0.25, 0.3) is 0 Å². The lowest BCUT2D eigenvalue weighted by molar-refractivity contribution is 0.522. The van der Waals surface area contributed by atoms with E-state index in [-0.39, 0.29) is 6.04 Å². The van der Waals surface area contributed by atoms with E-state index in [1.807, 2.05) is 36.0 Å². The number of hydrogen-bond acceptors (Lipinski definition) is 3. The Hall–Kier alpha value is -1.68. The van der Waals surface area contributed by atoms with Crippen LogP contribution in [0.2, 0.25) is 0 Å². The third-order valence-electron chi connectivity index (χ3n) is 3.07. The molecule has 1 atom stereocenters. The minimum atomic E-state index is -0.0470. The summed E-state index contributed by atoms with van der Waals surface area (Å²) in [5, 5.41) is 4.52. The third-order valence-corrected chi connectivity index (χ3v) is 3.07. The number of rotatable bonds is 4. The summed E-state index contributed by atoms with van der Waals surface area (Å²) >= 11 is 0. The van der Waals surface area contributed by atoms with Crippen molar-refractivity contribution in [3.8, 4) is 0 Å². The van der Waals surface area contributed by atoms with Crippen LogP contribution in [-0.4, -0.2) is 14.8 Å². The molecule has 0 saturated heterocycles. The van der Waals surface area contributed by atoms with Gasteiger partial charge in [-0.05, 0) is 38.5 Å². The molecule has 1 unspecified atom stereocenters. The maximum Gasteiger partial charge on any atom is 0.0643 e. The highest BCUT2D eigenvalue weighted by Crippen LogP contribution is 2.17. The molecule has 0 radical (unpaired) electrons. The average molecular weight is 244 g/mol. The highest BCUT2D eigenvalue weighted by molar-refractivity contribution is 5.23. The molecule has 2 rings (SSSR count). The van der Waals surface area contributed by atoms with Crippen LogP contribution in [-0.2, 0) is 6.42 Å². The molecule has 0 aliphatic carbocycles. The fraction of sp³-hybridized carbons (Fsp3) is 0.429. The molecule has 4 nitrogen and oxygen atoms in total. The fourth-order valence-electron chi connectivity index (χ4n) is 2.00. The molecule has 0 amide bonds. The van der Waals surface area contributed by atoms with Gasteiger partial charge in [0.05, 0.1) is 5.69 Å². The largest absolute Gasteiger partial charge is 0.324 e. The van der Waals surface area contributed by atoms with E-state index in [1.54, 1.807) is 6.20 Å². The van der Waals surface area contributed by atoms with E-state index in [0.29, 0.717) is 6.04 Å². The fourth-order valence-corrected chi connectivity index (χ4v) is 2.00. The molecule has 2 heterocycles. The Labute approximate surface area is 108 Å². The SMILES string of the molecule is Cc1ncccc1C(N)Cc1ccn(C(C)C)n1. The van der Waals surface area contributed by atoms with E-state index in [9.17, 15) is 0 Å². The Kier molecular flexibility index (Phi) is 3.77. The van der Waals surface area contributed by atoms with Gasteiger partial charge in [0.15, 0.2) is 0 Å². The van der Waals surface area contributed by atoms with E-state index < -0.39 is 0 Å². The monoisotopic (exact) mass is 244 g/mol. The molecule has 0 aliphatic heterocycles. The van der Waals surface area contributed by atoms with E-state index in [2.05, 4.69) is 23.9 Å². The molecule has 96 valence electrons. The lowest BCUT2D eigenvalue weighted by atomic mass is 10.0. The lowest BCUT2D eigenvalue weighted by Crippen LogP contribution is -2.15. The smallest absolute Gasteiger partial charge is 0.0643 e. The number of nitrogens with zero attached hydrogens (tertiary/aromatic N) is 3. The van der Waals surface area contributed by atoms with Crippen LogP contribution in [0.25, 0.3) is 0 Å². The van der Waals surface area contributed by atoms with E-state index >= 15 is 0 Å². The molecular weight excluding hydrogens is 224 g/mol. The summed E-state index contributed by atoms with van der Waals surface area (Å²) in [4.78, 5) is 4.27. The predicted octanol–water partition coefficient (Wildman–Crippen LogP) is 2.41. The van der Waals surface area contributed by atoms with Crippen molar-refractivity contribution in [2.45, 2.75) is 39.3 Å². The number of aromatic nitrogens is 3. The molecule has 2 aromatic rings. The molecule has 2 aromatic heterocycles. The second-order valence-corrected chi connectivity index (χ2v) is 4.87. The minimum Gasteiger partial charge on any atom is -0.324 e. The van der Waals surface area contributed by atoms with Gasteiger partial charge in [-0.2, -0.15) is 5.10 Å². The molecule has 0 bridgehead atoms. The number of nitrogens with two attached hydrogens (primary N) is 1. The molecule has 0 spiro atoms. The normalized spacial score (nSPS) is 12.9. The molecule has 2 N–H and O–H groups in total. The maximum absolute atomic E-state index is 6.22. The molecule has 0 fully saturated rings. The van der Waals surface area contributed by atoms with Crippen LogP contribution < -0.4 is 5.73 Å².